The van der Waals surface area contributed by atoms with Crippen LogP contribution in [0, 0.1) is 6.92 Å². The minimum atomic E-state index is 1.21. The van der Waals surface area contributed by atoms with Crippen LogP contribution < -0.4 is 0 Å². The molecule has 184 valence electrons. The molecule has 40 heavy (non-hydrogen) atoms. The summed E-state index contributed by atoms with van der Waals surface area (Å²) in [6, 6.07) is 45.4. The first kappa shape index (κ1) is 20.8. The molecular formula is C39H23N. The van der Waals surface area contributed by atoms with Gasteiger partial charge in [0.1, 0.15) is 0 Å². The fraction of sp³-hybridized carbons (Fsp3) is 0.0256. The van der Waals surface area contributed by atoms with Crippen molar-refractivity contribution in [2.24, 2.45) is 0 Å². The van der Waals surface area contributed by atoms with Crippen molar-refractivity contribution in [3.8, 4) is 5.69 Å². The maximum absolute atomic E-state index is 2.43. The van der Waals surface area contributed by atoms with Gasteiger partial charge in [0, 0.05) is 16.5 Å². The zero-order chi connectivity index (χ0) is 26.1. The molecule has 10 aromatic rings. The lowest BCUT2D eigenvalue weighted by Crippen LogP contribution is -1.93. The van der Waals surface area contributed by atoms with Crippen LogP contribution in [0.3, 0.4) is 0 Å². The number of para-hydroxylation sites is 2. The van der Waals surface area contributed by atoms with Crippen molar-refractivity contribution in [1.29, 1.82) is 0 Å². The smallest absolute Gasteiger partial charge is 0.0541 e. The average Bonchev–Trinajstić information content (AvgIpc) is 3.63. The monoisotopic (exact) mass is 505 g/mol. The van der Waals surface area contributed by atoms with Crippen LogP contribution in [0.4, 0.5) is 0 Å². The molecule has 0 aliphatic heterocycles. The molecule has 0 aliphatic rings. The number of hydrogen-bond acceptors (Lipinski definition) is 0. The summed E-state index contributed by atoms with van der Waals surface area (Å²) in [7, 11) is 0. The fourth-order valence-corrected chi connectivity index (χ4v) is 7.75. The highest BCUT2D eigenvalue weighted by Gasteiger charge is 2.22. The highest BCUT2D eigenvalue weighted by molar-refractivity contribution is 6.47. The van der Waals surface area contributed by atoms with Gasteiger partial charge in [-0.15, -0.1) is 0 Å². The van der Waals surface area contributed by atoms with Gasteiger partial charge in [-0.25, -0.2) is 0 Å². The lowest BCUT2D eigenvalue weighted by molar-refractivity contribution is 1.19. The van der Waals surface area contributed by atoms with Crippen molar-refractivity contribution in [2.45, 2.75) is 6.92 Å². The molecule has 9 aromatic carbocycles. The van der Waals surface area contributed by atoms with Crippen LogP contribution in [0.5, 0.6) is 0 Å². The zero-order valence-electron chi connectivity index (χ0n) is 22.0. The van der Waals surface area contributed by atoms with E-state index in [1.165, 1.54) is 97.7 Å². The summed E-state index contributed by atoms with van der Waals surface area (Å²) in [4.78, 5) is 0. The van der Waals surface area contributed by atoms with Gasteiger partial charge in [-0.05, 0) is 95.8 Å². The summed E-state index contributed by atoms with van der Waals surface area (Å²) in [6.45, 7) is 2.19. The number of nitrogens with zero attached hydrogens (tertiary/aromatic N) is 1. The molecule has 1 nitrogen and oxygen atoms in total. The Balaban J connectivity index is 1.40. The van der Waals surface area contributed by atoms with Crippen molar-refractivity contribution in [1.82, 2.24) is 4.57 Å². The largest absolute Gasteiger partial charge is 0.309 e. The van der Waals surface area contributed by atoms with E-state index >= 15 is 0 Å². The topological polar surface area (TPSA) is 4.93 Å². The Hall–Kier alpha value is -5.14. The Morgan fingerprint density at radius 1 is 0.350 bits per heavy atom. The molecule has 10 rings (SSSR count). The Kier molecular flexibility index (Phi) is 3.68. The summed E-state index contributed by atoms with van der Waals surface area (Å²) in [6.07, 6.45) is 0. The van der Waals surface area contributed by atoms with Gasteiger partial charge in [-0.3, -0.25) is 0 Å². The van der Waals surface area contributed by atoms with Gasteiger partial charge in [0.15, 0.2) is 0 Å². The second-order valence-electron chi connectivity index (χ2n) is 11.4. The number of aryl methyl sites for hydroxylation is 1. The summed E-state index contributed by atoms with van der Waals surface area (Å²) in [5.41, 5.74) is 5.01. The highest BCUT2D eigenvalue weighted by Crippen LogP contribution is 2.50. The van der Waals surface area contributed by atoms with Gasteiger partial charge in [0.05, 0.1) is 11.0 Å². The number of fused-ring (bicyclic) bond motifs is 11. The van der Waals surface area contributed by atoms with Crippen molar-refractivity contribution < 1.29 is 0 Å². The van der Waals surface area contributed by atoms with Crippen LogP contribution in [0.2, 0.25) is 0 Å². The zero-order valence-corrected chi connectivity index (χ0v) is 22.0. The van der Waals surface area contributed by atoms with Crippen LogP contribution in [0.1, 0.15) is 5.56 Å². The molecule has 1 heteroatoms. The Bertz CT molecular complexity index is 2600. The lowest BCUT2D eigenvalue weighted by Gasteiger charge is -2.09. The SMILES string of the molecule is Cc1ccc2c(c1)c1cccc3c1c2c1cccc2c4cc(-n5c6ccccc6c6ccccc65)ccc4c3c21. The van der Waals surface area contributed by atoms with E-state index in [0.29, 0.717) is 0 Å². The van der Waals surface area contributed by atoms with Crippen LogP contribution in [0.25, 0.3) is 92.1 Å². The maximum Gasteiger partial charge on any atom is 0.0541 e. The second-order valence-corrected chi connectivity index (χ2v) is 11.4. The van der Waals surface area contributed by atoms with Crippen LogP contribution in [-0.4, -0.2) is 4.57 Å². The number of benzene rings is 7. The van der Waals surface area contributed by atoms with Crippen molar-refractivity contribution in [3.63, 3.8) is 0 Å². The molecule has 0 N–H and O–H groups in total. The predicted molar refractivity (Wildman–Crippen MR) is 173 cm³/mol. The van der Waals surface area contributed by atoms with Gasteiger partial charge in [0.25, 0.3) is 0 Å². The Morgan fingerprint density at radius 3 is 1.40 bits per heavy atom. The maximum atomic E-state index is 2.43. The highest BCUT2D eigenvalue weighted by atomic mass is 15.0. The molecule has 1 heterocycles. The van der Waals surface area contributed by atoms with E-state index in [2.05, 4.69) is 133 Å². The summed E-state index contributed by atoms with van der Waals surface area (Å²) in [5.74, 6) is 0. The molecule has 0 radical (unpaired) electrons. The molecule has 0 amide bonds. The molecule has 0 atom stereocenters. The standard InChI is InChI=1S/C39H23N/c1-22-16-18-28-32(20-22)26-10-6-12-30-36(26)38(28)31-13-7-11-27-33-21-23(17-19-29(33)39(30)37(27)31)40-34-14-4-2-8-24(34)25-9-3-5-15-35(25)40/h2-21H,1H3. The first-order valence-corrected chi connectivity index (χ1v) is 14.0. The van der Waals surface area contributed by atoms with E-state index < -0.39 is 0 Å². The van der Waals surface area contributed by atoms with E-state index in [-0.39, 0.29) is 0 Å². The minimum absolute atomic E-state index is 1.21. The third-order valence-corrected chi connectivity index (χ3v) is 9.30. The van der Waals surface area contributed by atoms with Gasteiger partial charge in [-0.1, -0.05) is 103 Å². The third-order valence-electron chi connectivity index (χ3n) is 9.30. The molecule has 1 aromatic heterocycles. The first-order valence-electron chi connectivity index (χ1n) is 14.0. The molecule has 0 saturated carbocycles. The van der Waals surface area contributed by atoms with Crippen molar-refractivity contribution in [2.75, 3.05) is 0 Å². The number of hydrogen-bond donors (Lipinski definition) is 0. The molecular weight excluding hydrogens is 482 g/mol. The van der Waals surface area contributed by atoms with Crippen LogP contribution in [-0.2, 0) is 0 Å². The van der Waals surface area contributed by atoms with Crippen molar-refractivity contribution >= 4 is 86.4 Å². The molecule has 0 saturated heterocycles. The average molecular weight is 506 g/mol. The molecule has 0 fully saturated rings. The van der Waals surface area contributed by atoms with E-state index in [0.717, 1.165) is 0 Å². The summed E-state index contributed by atoms with van der Waals surface area (Å²) >= 11 is 0. The van der Waals surface area contributed by atoms with Gasteiger partial charge in [-0.2, -0.15) is 0 Å². The Morgan fingerprint density at radius 2 is 0.800 bits per heavy atom. The third kappa shape index (κ3) is 2.36. The summed E-state index contributed by atoms with van der Waals surface area (Å²) < 4.78 is 2.43. The fourth-order valence-electron chi connectivity index (χ4n) is 7.75. The number of rotatable bonds is 1. The van der Waals surface area contributed by atoms with Crippen molar-refractivity contribution in [3.05, 3.63) is 127 Å². The lowest BCUT2D eigenvalue weighted by atomic mass is 9.95. The van der Waals surface area contributed by atoms with Gasteiger partial charge >= 0.3 is 0 Å². The normalized spacial score (nSPS) is 12.6. The molecule has 0 spiro atoms. The van der Waals surface area contributed by atoms with E-state index in [9.17, 15) is 0 Å². The van der Waals surface area contributed by atoms with Crippen LogP contribution in [0.15, 0.2) is 121 Å². The molecule has 0 aliphatic carbocycles. The van der Waals surface area contributed by atoms with Gasteiger partial charge < -0.3 is 4.57 Å². The van der Waals surface area contributed by atoms with E-state index in [1.807, 2.05) is 0 Å². The second kappa shape index (κ2) is 7.08. The quantitative estimate of drug-likeness (QED) is 0.196. The summed E-state index contributed by atoms with van der Waals surface area (Å²) in [5, 5.41) is 19.0. The minimum Gasteiger partial charge on any atom is -0.309 e. The van der Waals surface area contributed by atoms with E-state index in [4.69, 9.17) is 0 Å². The predicted octanol–water partition coefficient (Wildman–Crippen LogP) is 10.9. The van der Waals surface area contributed by atoms with Gasteiger partial charge in [0.2, 0.25) is 0 Å². The van der Waals surface area contributed by atoms with E-state index in [1.54, 1.807) is 0 Å². The first-order chi connectivity index (χ1) is 19.8. The number of aromatic nitrogens is 1. The van der Waals surface area contributed by atoms with Crippen LogP contribution >= 0.6 is 0 Å². The molecule has 0 unspecified atom stereocenters. The molecule has 0 bridgehead atoms. The Labute approximate surface area is 230 Å².